The summed E-state index contributed by atoms with van der Waals surface area (Å²) in [6.45, 7) is 5.68. The zero-order valence-electron chi connectivity index (χ0n) is 16.1. The molecule has 148 valence electrons. The van der Waals surface area contributed by atoms with E-state index < -0.39 is 0 Å². The number of aromatic nitrogens is 2. The van der Waals surface area contributed by atoms with Crippen LogP contribution in [0.4, 0.5) is 4.39 Å². The smallest absolute Gasteiger partial charge is 0.193 e. The summed E-state index contributed by atoms with van der Waals surface area (Å²) in [6.07, 6.45) is 6.96. The number of guanidine groups is 1. The molecule has 3 rings (SSSR count). The molecule has 27 heavy (non-hydrogen) atoms. The summed E-state index contributed by atoms with van der Waals surface area (Å²) in [5.74, 6) is 1.33. The first kappa shape index (κ1) is 21.7. The van der Waals surface area contributed by atoms with Gasteiger partial charge in [0.25, 0.3) is 0 Å². The van der Waals surface area contributed by atoms with Gasteiger partial charge in [0, 0.05) is 45.3 Å². The average Bonchev–Trinajstić information content (AvgIpc) is 3.27. The van der Waals surface area contributed by atoms with Crippen LogP contribution in [0.15, 0.2) is 41.7 Å². The lowest BCUT2D eigenvalue weighted by Gasteiger charge is -2.21. The van der Waals surface area contributed by atoms with Gasteiger partial charge in [0.15, 0.2) is 5.96 Å². The van der Waals surface area contributed by atoms with Gasteiger partial charge >= 0.3 is 0 Å². The summed E-state index contributed by atoms with van der Waals surface area (Å²) < 4.78 is 15.1. The minimum Gasteiger partial charge on any atom is -0.357 e. The first-order chi connectivity index (χ1) is 12.7. The average molecular weight is 485 g/mol. The Bertz CT molecular complexity index is 745. The largest absolute Gasteiger partial charge is 0.357 e. The number of nitrogens with zero attached hydrogens (tertiary/aromatic N) is 4. The SMILES string of the molecule is CCNC(=NCCCc1cccc(F)c1)N1CCC(c2cnn(C)c2)C1.I. The van der Waals surface area contributed by atoms with Crippen LogP contribution >= 0.6 is 24.0 Å². The van der Waals surface area contributed by atoms with Crippen LogP contribution in [0.2, 0.25) is 0 Å². The molecule has 2 aromatic rings. The normalized spacial score (nSPS) is 17.1. The molecule has 0 aliphatic carbocycles. The summed E-state index contributed by atoms with van der Waals surface area (Å²) >= 11 is 0. The van der Waals surface area contributed by atoms with Gasteiger partial charge in [0.05, 0.1) is 6.20 Å². The van der Waals surface area contributed by atoms with Gasteiger partial charge < -0.3 is 10.2 Å². The molecule has 2 heterocycles. The monoisotopic (exact) mass is 485 g/mol. The fourth-order valence-corrected chi connectivity index (χ4v) is 3.46. The van der Waals surface area contributed by atoms with E-state index in [1.807, 2.05) is 24.0 Å². The van der Waals surface area contributed by atoms with E-state index in [2.05, 4.69) is 28.4 Å². The van der Waals surface area contributed by atoms with E-state index in [4.69, 9.17) is 4.99 Å². The van der Waals surface area contributed by atoms with E-state index in [1.165, 1.54) is 11.6 Å². The lowest BCUT2D eigenvalue weighted by atomic mass is 10.0. The number of benzene rings is 1. The second-order valence-corrected chi connectivity index (χ2v) is 6.85. The standard InChI is InChI=1S/C20H28FN5.HI/c1-3-22-20(23-10-5-7-16-6-4-8-19(21)12-16)26-11-9-17(15-26)18-13-24-25(2)14-18;/h4,6,8,12-14,17H,3,5,7,9-11,15H2,1-2H3,(H,22,23);1H. The number of rotatable bonds is 6. The number of aryl methyl sites for hydroxylation is 2. The van der Waals surface area contributed by atoms with Crippen LogP contribution in [-0.2, 0) is 13.5 Å². The molecule has 1 N–H and O–H groups in total. The Morgan fingerprint density at radius 3 is 2.96 bits per heavy atom. The molecule has 1 aliphatic heterocycles. The lowest BCUT2D eigenvalue weighted by Crippen LogP contribution is -2.40. The Balaban J connectivity index is 0.00000261. The molecule has 0 spiro atoms. The van der Waals surface area contributed by atoms with Crippen LogP contribution in [0.3, 0.4) is 0 Å². The third-order valence-corrected chi connectivity index (χ3v) is 4.79. The van der Waals surface area contributed by atoms with Gasteiger partial charge in [-0.2, -0.15) is 5.10 Å². The molecular weight excluding hydrogens is 456 g/mol. The Labute approximate surface area is 178 Å². The molecule has 1 saturated heterocycles. The highest BCUT2D eigenvalue weighted by Crippen LogP contribution is 2.26. The molecule has 1 aromatic carbocycles. The number of hydrogen-bond acceptors (Lipinski definition) is 2. The van der Waals surface area contributed by atoms with Crippen LogP contribution < -0.4 is 5.32 Å². The van der Waals surface area contributed by atoms with Crippen LogP contribution in [0, 0.1) is 5.82 Å². The number of hydrogen-bond donors (Lipinski definition) is 1. The first-order valence-electron chi connectivity index (χ1n) is 9.42. The highest BCUT2D eigenvalue weighted by molar-refractivity contribution is 14.0. The fraction of sp³-hybridized carbons (Fsp3) is 0.500. The molecule has 0 amide bonds. The summed E-state index contributed by atoms with van der Waals surface area (Å²) in [6, 6.07) is 6.82. The van der Waals surface area contributed by atoms with E-state index in [0.29, 0.717) is 5.92 Å². The molecule has 1 aromatic heterocycles. The van der Waals surface area contributed by atoms with Crippen molar-refractivity contribution in [2.45, 2.75) is 32.1 Å². The van der Waals surface area contributed by atoms with Crippen molar-refractivity contribution >= 4 is 29.9 Å². The lowest BCUT2D eigenvalue weighted by molar-refractivity contribution is 0.485. The second-order valence-electron chi connectivity index (χ2n) is 6.85. The molecule has 0 saturated carbocycles. The molecule has 0 radical (unpaired) electrons. The Morgan fingerprint density at radius 1 is 1.41 bits per heavy atom. The fourth-order valence-electron chi connectivity index (χ4n) is 3.46. The number of nitrogens with one attached hydrogen (secondary N) is 1. The highest BCUT2D eigenvalue weighted by Gasteiger charge is 2.26. The third kappa shape index (κ3) is 6.19. The summed E-state index contributed by atoms with van der Waals surface area (Å²) in [5, 5.41) is 7.69. The van der Waals surface area contributed by atoms with Crippen molar-refractivity contribution in [2.75, 3.05) is 26.2 Å². The van der Waals surface area contributed by atoms with Crippen LogP contribution in [0.1, 0.15) is 36.8 Å². The molecule has 1 fully saturated rings. The zero-order valence-corrected chi connectivity index (χ0v) is 18.4. The van der Waals surface area contributed by atoms with Crippen molar-refractivity contribution in [3.63, 3.8) is 0 Å². The second kappa shape index (κ2) is 10.6. The quantitative estimate of drug-likeness (QED) is 0.295. The Morgan fingerprint density at radius 2 is 2.26 bits per heavy atom. The van der Waals surface area contributed by atoms with Crippen LogP contribution in [0.25, 0.3) is 0 Å². The molecule has 1 unspecified atom stereocenters. The van der Waals surface area contributed by atoms with Gasteiger partial charge in [-0.05, 0) is 49.4 Å². The minimum absolute atomic E-state index is 0. The maximum atomic E-state index is 13.2. The molecule has 7 heteroatoms. The molecule has 0 bridgehead atoms. The van der Waals surface area contributed by atoms with Gasteiger partial charge in [0.1, 0.15) is 5.82 Å². The molecule has 5 nitrogen and oxygen atoms in total. The Hall–Kier alpha value is -1.64. The molecule has 1 atom stereocenters. The number of halogens is 2. The summed E-state index contributed by atoms with van der Waals surface area (Å²) in [5.41, 5.74) is 2.33. The van der Waals surface area contributed by atoms with Gasteiger partial charge in [-0.3, -0.25) is 9.67 Å². The van der Waals surface area contributed by atoms with Crippen molar-refractivity contribution < 1.29 is 4.39 Å². The summed E-state index contributed by atoms with van der Waals surface area (Å²) in [4.78, 5) is 7.12. The van der Waals surface area contributed by atoms with E-state index in [9.17, 15) is 4.39 Å². The highest BCUT2D eigenvalue weighted by atomic mass is 127. The van der Waals surface area contributed by atoms with E-state index in [-0.39, 0.29) is 29.8 Å². The van der Waals surface area contributed by atoms with E-state index in [0.717, 1.165) is 57.0 Å². The van der Waals surface area contributed by atoms with Gasteiger partial charge in [-0.15, -0.1) is 24.0 Å². The van der Waals surface area contributed by atoms with Crippen molar-refractivity contribution in [3.8, 4) is 0 Å². The Kier molecular flexibility index (Phi) is 8.53. The maximum absolute atomic E-state index is 13.2. The van der Waals surface area contributed by atoms with Crippen LogP contribution in [0.5, 0.6) is 0 Å². The number of likely N-dealkylation sites (tertiary alicyclic amines) is 1. The van der Waals surface area contributed by atoms with Gasteiger partial charge in [-0.25, -0.2) is 4.39 Å². The van der Waals surface area contributed by atoms with Crippen LogP contribution in [-0.4, -0.2) is 46.8 Å². The topological polar surface area (TPSA) is 45.5 Å². The predicted molar refractivity (Wildman–Crippen MR) is 118 cm³/mol. The third-order valence-electron chi connectivity index (χ3n) is 4.79. The minimum atomic E-state index is -0.169. The van der Waals surface area contributed by atoms with Crippen molar-refractivity contribution in [3.05, 3.63) is 53.6 Å². The van der Waals surface area contributed by atoms with E-state index >= 15 is 0 Å². The van der Waals surface area contributed by atoms with E-state index in [1.54, 1.807) is 12.1 Å². The summed E-state index contributed by atoms with van der Waals surface area (Å²) in [7, 11) is 1.96. The maximum Gasteiger partial charge on any atom is 0.193 e. The zero-order chi connectivity index (χ0) is 18.4. The molecule has 1 aliphatic rings. The van der Waals surface area contributed by atoms with Gasteiger partial charge in [-0.1, -0.05) is 12.1 Å². The predicted octanol–water partition coefficient (Wildman–Crippen LogP) is 3.56. The molecular formula is C20H29FIN5. The number of aliphatic imine (C=N–C) groups is 1. The van der Waals surface area contributed by atoms with Crippen molar-refractivity contribution in [1.29, 1.82) is 0 Å². The first-order valence-corrected chi connectivity index (χ1v) is 9.42. The van der Waals surface area contributed by atoms with Crippen molar-refractivity contribution in [2.24, 2.45) is 12.0 Å². The van der Waals surface area contributed by atoms with Crippen molar-refractivity contribution in [1.82, 2.24) is 20.0 Å². The van der Waals surface area contributed by atoms with Gasteiger partial charge in [0.2, 0.25) is 0 Å².